The van der Waals surface area contributed by atoms with Crippen molar-refractivity contribution < 1.29 is 23.9 Å². The Balaban J connectivity index is 1.35. The van der Waals surface area contributed by atoms with Crippen LogP contribution in [0, 0.1) is 0 Å². The van der Waals surface area contributed by atoms with Crippen LogP contribution in [0.1, 0.15) is 44.0 Å². The van der Waals surface area contributed by atoms with Gasteiger partial charge < -0.3 is 20.5 Å². The van der Waals surface area contributed by atoms with E-state index in [4.69, 9.17) is 15.2 Å². The SMILES string of the molecule is COc1ccc(-c2nn(-c3ccccc3)cc2C(=O)OCC(=O)Nc2sc3c(c2C(N)=O)CCCC3)cc1. The molecule has 0 spiro atoms. The molecule has 0 saturated carbocycles. The van der Waals surface area contributed by atoms with Gasteiger partial charge in [0, 0.05) is 16.6 Å². The topological polar surface area (TPSA) is 126 Å². The lowest BCUT2D eigenvalue weighted by Gasteiger charge is -2.11. The number of hydrogen-bond donors (Lipinski definition) is 2. The van der Waals surface area contributed by atoms with Crippen molar-refractivity contribution in [1.29, 1.82) is 0 Å². The van der Waals surface area contributed by atoms with E-state index < -0.39 is 24.4 Å². The number of carbonyl (C=O) groups is 3. The van der Waals surface area contributed by atoms with Crippen LogP contribution in [-0.2, 0) is 22.4 Å². The average Bonchev–Trinajstić information content (AvgIpc) is 3.54. The first kappa shape index (κ1) is 25.2. The molecule has 38 heavy (non-hydrogen) atoms. The van der Waals surface area contributed by atoms with E-state index >= 15 is 0 Å². The third-order valence-corrected chi connectivity index (χ3v) is 7.53. The Morgan fingerprint density at radius 3 is 2.50 bits per heavy atom. The molecule has 2 aromatic heterocycles. The number of para-hydroxylation sites is 1. The fraction of sp³-hybridized carbons (Fsp3) is 0.214. The van der Waals surface area contributed by atoms with Gasteiger partial charge in [0.1, 0.15) is 22.0 Å². The number of aryl methyl sites for hydroxylation is 1. The molecule has 3 N–H and O–H groups in total. The molecule has 4 aromatic rings. The summed E-state index contributed by atoms with van der Waals surface area (Å²) in [7, 11) is 1.57. The van der Waals surface area contributed by atoms with Gasteiger partial charge in [-0.25, -0.2) is 9.48 Å². The maximum absolute atomic E-state index is 13.1. The number of nitrogens with zero attached hydrogens (tertiary/aromatic N) is 2. The number of carbonyl (C=O) groups excluding carboxylic acids is 3. The molecule has 194 valence electrons. The lowest BCUT2D eigenvalue weighted by atomic mass is 9.95. The lowest BCUT2D eigenvalue weighted by molar-refractivity contribution is -0.119. The molecule has 0 aliphatic heterocycles. The third kappa shape index (κ3) is 5.16. The van der Waals surface area contributed by atoms with Gasteiger partial charge in [-0.15, -0.1) is 11.3 Å². The van der Waals surface area contributed by atoms with Crippen LogP contribution in [0.15, 0.2) is 60.8 Å². The van der Waals surface area contributed by atoms with Gasteiger partial charge in [0.25, 0.3) is 11.8 Å². The second-order valence-corrected chi connectivity index (χ2v) is 9.91. The summed E-state index contributed by atoms with van der Waals surface area (Å²) in [6.07, 6.45) is 5.19. The maximum atomic E-state index is 13.1. The number of nitrogens with two attached hydrogens (primary N) is 1. The van der Waals surface area contributed by atoms with Crippen LogP contribution in [-0.4, -0.2) is 41.3 Å². The van der Waals surface area contributed by atoms with E-state index in [1.54, 1.807) is 42.3 Å². The smallest absolute Gasteiger partial charge is 0.342 e. The Labute approximate surface area is 223 Å². The minimum atomic E-state index is -0.700. The first-order valence-corrected chi connectivity index (χ1v) is 13.0. The third-order valence-electron chi connectivity index (χ3n) is 6.32. The van der Waals surface area contributed by atoms with Crippen LogP contribution in [0.4, 0.5) is 5.00 Å². The number of hydrogen-bond acceptors (Lipinski definition) is 7. The van der Waals surface area contributed by atoms with Gasteiger partial charge >= 0.3 is 5.97 Å². The Morgan fingerprint density at radius 1 is 1.05 bits per heavy atom. The Hall–Kier alpha value is -4.44. The summed E-state index contributed by atoms with van der Waals surface area (Å²) in [5.41, 5.74) is 8.95. The summed E-state index contributed by atoms with van der Waals surface area (Å²) in [6.45, 7) is -0.530. The number of ether oxygens (including phenoxy) is 2. The van der Waals surface area contributed by atoms with Crippen molar-refractivity contribution in [2.45, 2.75) is 25.7 Å². The quantitative estimate of drug-likeness (QED) is 0.326. The molecule has 0 atom stereocenters. The number of methoxy groups -OCH3 is 1. The van der Waals surface area contributed by atoms with E-state index in [-0.39, 0.29) is 5.56 Å². The predicted octanol–water partition coefficient (Wildman–Crippen LogP) is 4.38. The largest absolute Gasteiger partial charge is 0.497 e. The van der Waals surface area contributed by atoms with E-state index in [1.807, 2.05) is 30.3 Å². The van der Waals surface area contributed by atoms with Crippen LogP contribution in [0.3, 0.4) is 0 Å². The van der Waals surface area contributed by atoms with Gasteiger partial charge in [0.15, 0.2) is 6.61 Å². The number of amides is 2. The van der Waals surface area contributed by atoms with Gasteiger partial charge in [-0.1, -0.05) is 18.2 Å². The molecule has 2 heterocycles. The number of esters is 1. The highest BCUT2D eigenvalue weighted by atomic mass is 32.1. The normalized spacial score (nSPS) is 12.4. The van der Waals surface area contributed by atoms with Gasteiger partial charge in [-0.05, 0) is 67.6 Å². The molecule has 0 unspecified atom stereocenters. The molecule has 0 radical (unpaired) electrons. The standard InChI is InChI=1S/C28H26N4O5S/c1-36-19-13-11-17(12-14-19)25-21(15-32(31-25)18-7-3-2-4-8-18)28(35)37-16-23(33)30-27-24(26(29)34)20-9-5-6-10-22(20)38-27/h2-4,7-8,11-15H,5-6,9-10,16H2,1H3,(H2,29,34)(H,30,33). The van der Waals surface area contributed by atoms with Crippen molar-refractivity contribution >= 4 is 34.1 Å². The fourth-order valence-corrected chi connectivity index (χ4v) is 5.80. The van der Waals surface area contributed by atoms with Crippen molar-refractivity contribution in [2.75, 3.05) is 19.0 Å². The highest BCUT2D eigenvalue weighted by Gasteiger charge is 2.26. The Morgan fingerprint density at radius 2 is 1.79 bits per heavy atom. The number of aromatic nitrogens is 2. The number of nitrogens with one attached hydrogen (secondary N) is 1. The van der Waals surface area contributed by atoms with Gasteiger partial charge in [0.2, 0.25) is 0 Å². The molecule has 10 heteroatoms. The van der Waals surface area contributed by atoms with Crippen LogP contribution >= 0.6 is 11.3 Å². The molecule has 1 aliphatic rings. The van der Waals surface area contributed by atoms with E-state index in [0.29, 0.717) is 27.6 Å². The molecule has 0 fully saturated rings. The molecular formula is C28H26N4O5S. The summed E-state index contributed by atoms with van der Waals surface area (Å²) in [4.78, 5) is 39.0. The number of thiophene rings is 1. The number of primary amides is 1. The van der Waals surface area contributed by atoms with Crippen molar-refractivity contribution in [2.24, 2.45) is 5.73 Å². The summed E-state index contributed by atoms with van der Waals surface area (Å²) < 4.78 is 12.2. The number of rotatable bonds is 8. The zero-order valence-electron chi connectivity index (χ0n) is 20.7. The average molecular weight is 531 g/mol. The minimum Gasteiger partial charge on any atom is -0.497 e. The van der Waals surface area contributed by atoms with Crippen LogP contribution in [0.25, 0.3) is 16.9 Å². The fourth-order valence-electron chi connectivity index (χ4n) is 4.48. The molecule has 0 bridgehead atoms. The number of anilines is 1. The zero-order chi connectivity index (χ0) is 26.6. The summed E-state index contributed by atoms with van der Waals surface area (Å²) in [5.74, 6) is -1.16. The van der Waals surface area contributed by atoms with E-state index in [1.165, 1.54) is 11.3 Å². The molecule has 2 amide bonds. The van der Waals surface area contributed by atoms with Crippen LogP contribution in [0.5, 0.6) is 5.75 Å². The molecule has 2 aromatic carbocycles. The van der Waals surface area contributed by atoms with Crippen molar-refractivity contribution in [3.63, 3.8) is 0 Å². The Bertz CT molecular complexity index is 1490. The van der Waals surface area contributed by atoms with Crippen LogP contribution in [0.2, 0.25) is 0 Å². The van der Waals surface area contributed by atoms with Crippen LogP contribution < -0.4 is 15.8 Å². The van der Waals surface area contributed by atoms with Crippen molar-refractivity contribution in [3.8, 4) is 22.7 Å². The first-order chi connectivity index (χ1) is 18.4. The highest BCUT2D eigenvalue weighted by molar-refractivity contribution is 7.17. The number of fused-ring (bicyclic) bond motifs is 1. The molecule has 5 rings (SSSR count). The van der Waals surface area contributed by atoms with Gasteiger partial charge in [-0.3, -0.25) is 9.59 Å². The molecule has 1 aliphatic carbocycles. The summed E-state index contributed by atoms with van der Waals surface area (Å²) in [6, 6.07) is 16.5. The highest BCUT2D eigenvalue weighted by Crippen LogP contribution is 2.38. The van der Waals surface area contributed by atoms with Crippen molar-refractivity contribution in [1.82, 2.24) is 9.78 Å². The zero-order valence-corrected chi connectivity index (χ0v) is 21.5. The second-order valence-electron chi connectivity index (χ2n) is 8.80. The summed E-state index contributed by atoms with van der Waals surface area (Å²) >= 11 is 1.36. The molecule has 0 saturated heterocycles. The van der Waals surface area contributed by atoms with E-state index in [9.17, 15) is 14.4 Å². The second kappa shape index (κ2) is 10.9. The lowest BCUT2D eigenvalue weighted by Crippen LogP contribution is -2.23. The maximum Gasteiger partial charge on any atom is 0.342 e. The van der Waals surface area contributed by atoms with Gasteiger partial charge in [-0.2, -0.15) is 5.10 Å². The molecule has 9 nitrogen and oxygen atoms in total. The summed E-state index contributed by atoms with van der Waals surface area (Å²) in [5, 5.41) is 7.73. The Kier molecular flexibility index (Phi) is 7.23. The number of benzene rings is 2. The van der Waals surface area contributed by atoms with Gasteiger partial charge in [0.05, 0.1) is 18.4 Å². The van der Waals surface area contributed by atoms with E-state index in [2.05, 4.69) is 10.4 Å². The molecular weight excluding hydrogens is 504 g/mol. The minimum absolute atomic E-state index is 0.205. The van der Waals surface area contributed by atoms with Crippen molar-refractivity contribution in [3.05, 3.63) is 82.4 Å². The first-order valence-electron chi connectivity index (χ1n) is 12.2. The van der Waals surface area contributed by atoms with E-state index in [0.717, 1.165) is 41.8 Å². The predicted molar refractivity (Wildman–Crippen MR) is 144 cm³/mol. The monoisotopic (exact) mass is 530 g/mol.